The lowest BCUT2D eigenvalue weighted by Crippen LogP contribution is -2.45. The lowest BCUT2D eigenvalue weighted by atomic mass is 10.1. The standard InChI is InChI=1S/C13H18N2O4/c1-3-6-14-12(18)8(2)15-13(19)10-7-9(16)4-5-11(10)17/h4-5,7-8,16-17H,3,6H2,1-2H3,(H,14,18)(H,15,19). The van der Waals surface area contributed by atoms with Crippen molar-refractivity contribution >= 4 is 11.8 Å². The number of hydrogen-bond donors (Lipinski definition) is 4. The number of benzene rings is 1. The molecule has 1 atom stereocenters. The summed E-state index contributed by atoms with van der Waals surface area (Å²) in [4.78, 5) is 23.4. The highest BCUT2D eigenvalue weighted by Gasteiger charge is 2.18. The molecule has 0 aliphatic rings. The first-order chi connectivity index (χ1) is 8.95. The third-order valence-corrected chi connectivity index (χ3v) is 2.51. The predicted octanol–water partition coefficient (Wildman–Crippen LogP) is 0.742. The Bertz CT molecular complexity index is 474. The second kappa shape index (κ2) is 6.63. The molecule has 1 aromatic carbocycles. The maximum absolute atomic E-state index is 11.8. The summed E-state index contributed by atoms with van der Waals surface area (Å²) >= 11 is 0. The molecule has 0 saturated heterocycles. The topological polar surface area (TPSA) is 98.7 Å². The highest BCUT2D eigenvalue weighted by atomic mass is 16.3. The van der Waals surface area contributed by atoms with Crippen LogP contribution in [0.1, 0.15) is 30.6 Å². The Balaban J connectivity index is 2.68. The first-order valence-corrected chi connectivity index (χ1v) is 6.06. The fourth-order valence-electron chi connectivity index (χ4n) is 1.45. The molecule has 0 aliphatic carbocycles. The smallest absolute Gasteiger partial charge is 0.255 e. The average Bonchev–Trinajstić information content (AvgIpc) is 2.38. The van der Waals surface area contributed by atoms with Gasteiger partial charge < -0.3 is 20.8 Å². The lowest BCUT2D eigenvalue weighted by Gasteiger charge is -2.14. The van der Waals surface area contributed by atoms with Gasteiger partial charge in [0.05, 0.1) is 5.56 Å². The van der Waals surface area contributed by atoms with E-state index >= 15 is 0 Å². The van der Waals surface area contributed by atoms with Gasteiger partial charge in [0.2, 0.25) is 5.91 Å². The SMILES string of the molecule is CCCNC(=O)C(C)NC(=O)c1cc(O)ccc1O. The molecule has 0 saturated carbocycles. The molecule has 19 heavy (non-hydrogen) atoms. The van der Waals surface area contributed by atoms with Crippen LogP contribution in [0.3, 0.4) is 0 Å². The van der Waals surface area contributed by atoms with Crippen LogP contribution < -0.4 is 10.6 Å². The van der Waals surface area contributed by atoms with E-state index in [0.717, 1.165) is 12.5 Å². The van der Waals surface area contributed by atoms with E-state index in [1.807, 2.05) is 6.92 Å². The first kappa shape index (κ1) is 14.8. The molecular weight excluding hydrogens is 248 g/mol. The van der Waals surface area contributed by atoms with Crippen molar-refractivity contribution in [1.29, 1.82) is 0 Å². The number of carbonyl (C=O) groups excluding carboxylic acids is 2. The predicted molar refractivity (Wildman–Crippen MR) is 70.0 cm³/mol. The molecule has 0 aliphatic heterocycles. The molecule has 0 bridgehead atoms. The molecule has 1 rings (SSSR count). The molecule has 1 aromatic rings. The molecule has 6 nitrogen and oxygen atoms in total. The summed E-state index contributed by atoms with van der Waals surface area (Å²) in [5.41, 5.74) is -0.0739. The highest BCUT2D eigenvalue weighted by molar-refractivity contribution is 5.99. The highest BCUT2D eigenvalue weighted by Crippen LogP contribution is 2.21. The van der Waals surface area contributed by atoms with Crippen molar-refractivity contribution in [3.63, 3.8) is 0 Å². The van der Waals surface area contributed by atoms with Gasteiger partial charge in [-0.2, -0.15) is 0 Å². The van der Waals surface area contributed by atoms with Crippen LogP contribution in [0.5, 0.6) is 11.5 Å². The maximum Gasteiger partial charge on any atom is 0.255 e. The van der Waals surface area contributed by atoms with Gasteiger partial charge in [0.1, 0.15) is 17.5 Å². The van der Waals surface area contributed by atoms with Crippen molar-refractivity contribution in [3.8, 4) is 11.5 Å². The summed E-state index contributed by atoms with van der Waals surface area (Å²) in [5.74, 6) is -1.30. The molecule has 104 valence electrons. The number of hydrogen-bond acceptors (Lipinski definition) is 4. The van der Waals surface area contributed by atoms with Crippen LogP contribution in [-0.2, 0) is 4.79 Å². The maximum atomic E-state index is 11.8. The summed E-state index contributed by atoms with van der Waals surface area (Å²) in [6, 6.07) is 2.90. The molecule has 4 N–H and O–H groups in total. The van der Waals surface area contributed by atoms with Crippen molar-refractivity contribution in [3.05, 3.63) is 23.8 Å². The number of nitrogens with one attached hydrogen (secondary N) is 2. The Morgan fingerprint density at radius 3 is 2.63 bits per heavy atom. The van der Waals surface area contributed by atoms with Crippen molar-refractivity contribution in [2.24, 2.45) is 0 Å². The molecule has 0 radical (unpaired) electrons. The van der Waals surface area contributed by atoms with Gasteiger partial charge in [-0.25, -0.2) is 0 Å². The van der Waals surface area contributed by atoms with Gasteiger partial charge in [0, 0.05) is 6.54 Å². The zero-order chi connectivity index (χ0) is 14.4. The van der Waals surface area contributed by atoms with Gasteiger partial charge in [-0.05, 0) is 31.5 Å². The zero-order valence-electron chi connectivity index (χ0n) is 10.9. The van der Waals surface area contributed by atoms with Crippen LogP contribution in [0.25, 0.3) is 0 Å². The molecule has 0 aromatic heterocycles. The average molecular weight is 266 g/mol. The Kier molecular flexibility index (Phi) is 5.17. The Labute approximate surface area is 111 Å². The molecule has 0 fully saturated rings. The third-order valence-electron chi connectivity index (χ3n) is 2.51. The number of carbonyl (C=O) groups is 2. The Morgan fingerprint density at radius 1 is 1.32 bits per heavy atom. The first-order valence-electron chi connectivity index (χ1n) is 6.06. The second-order valence-corrected chi connectivity index (χ2v) is 4.19. The van der Waals surface area contributed by atoms with Crippen molar-refractivity contribution in [1.82, 2.24) is 10.6 Å². The number of amides is 2. The minimum atomic E-state index is -0.721. The molecular formula is C13H18N2O4. The van der Waals surface area contributed by atoms with Crippen LogP contribution in [0.2, 0.25) is 0 Å². The van der Waals surface area contributed by atoms with Gasteiger partial charge >= 0.3 is 0 Å². The van der Waals surface area contributed by atoms with E-state index in [1.165, 1.54) is 12.1 Å². The monoisotopic (exact) mass is 266 g/mol. The van der Waals surface area contributed by atoms with Gasteiger partial charge in [0.15, 0.2) is 0 Å². The van der Waals surface area contributed by atoms with Crippen LogP contribution in [-0.4, -0.2) is 34.6 Å². The Hall–Kier alpha value is -2.24. The number of phenolic OH excluding ortho intramolecular Hbond substituents is 2. The summed E-state index contributed by atoms with van der Waals surface area (Å²) in [6.45, 7) is 4.01. The van der Waals surface area contributed by atoms with E-state index in [4.69, 9.17) is 0 Å². The number of rotatable bonds is 5. The van der Waals surface area contributed by atoms with Gasteiger partial charge in [-0.15, -0.1) is 0 Å². The van der Waals surface area contributed by atoms with Crippen molar-refractivity contribution < 1.29 is 19.8 Å². The van der Waals surface area contributed by atoms with Gasteiger partial charge in [0.25, 0.3) is 5.91 Å². The fraction of sp³-hybridized carbons (Fsp3) is 0.385. The van der Waals surface area contributed by atoms with Crippen molar-refractivity contribution in [2.45, 2.75) is 26.3 Å². The fourth-order valence-corrected chi connectivity index (χ4v) is 1.45. The minimum Gasteiger partial charge on any atom is -0.508 e. The molecule has 6 heteroatoms. The van der Waals surface area contributed by atoms with Gasteiger partial charge in [-0.3, -0.25) is 9.59 Å². The van der Waals surface area contributed by atoms with Crippen LogP contribution in [0.4, 0.5) is 0 Å². The largest absolute Gasteiger partial charge is 0.508 e. The van der Waals surface area contributed by atoms with Gasteiger partial charge in [-0.1, -0.05) is 6.92 Å². The summed E-state index contributed by atoms with van der Waals surface area (Å²) in [7, 11) is 0. The van der Waals surface area contributed by atoms with E-state index in [0.29, 0.717) is 6.54 Å². The van der Waals surface area contributed by atoms with E-state index in [9.17, 15) is 19.8 Å². The second-order valence-electron chi connectivity index (χ2n) is 4.19. The van der Waals surface area contributed by atoms with Crippen LogP contribution >= 0.6 is 0 Å². The zero-order valence-corrected chi connectivity index (χ0v) is 10.9. The summed E-state index contributed by atoms with van der Waals surface area (Å²) < 4.78 is 0. The lowest BCUT2D eigenvalue weighted by molar-refractivity contribution is -0.122. The summed E-state index contributed by atoms with van der Waals surface area (Å²) in [6.07, 6.45) is 0.805. The van der Waals surface area contributed by atoms with E-state index in [1.54, 1.807) is 6.92 Å². The van der Waals surface area contributed by atoms with E-state index in [-0.39, 0.29) is 23.0 Å². The molecule has 2 amide bonds. The van der Waals surface area contributed by atoms with E-state index in [2.05, 4.69) is 10.6 Å². The molecule has 0 heterocycles. The number of aromatic hydroxyl groups is 2. The summed E-state index contributed by atoms with van der Waals surface area (Å²) in [5, 5.41) is 23.9. The van der Waals surface area contributed by atoms with Crippen LogP contribution in [0.15, 0.2) is 18.2 Å². The Morgan fingerprint density at radius 2 is 2.00 bits per heavy atom. The quantitative estimate of drug-likeness (QED) is 0.591. The third kappa shape index (κ3) is 4.17. The van der Waals surface area contributed by atoms with E-state index < -0.39 is 11.9 Å². The van der Waals surface area contributed by atoms with Crippen molar-refractivity contribution in [2.75, 3.05) is 6.54 Å². The number of phenols is 2. The molecule has 1 unspecified atom stereocenters. The molecule has 0 spiro atoms. The van der Waals surface area contributed by atoms with Crippen LogP contribution in [0, 0.1) is 0 Å². The minimum absolute atomic E-state index is 0.0739. The normalized spacial score (nSPS) is 11.7.